The molecule has 1 aromatic heterocycles. The van der Waals surface area contributed by atoms with Crippen molar-refractivity contribution in [1.29, 1.82) is 0 Å². The molecule has 0 radical (unpaired) electrons. The number of rotatable bonds is 8. The third-order valence-electron chi connectivity index (χ3n) is 5.41. The lowest BCUT2D eigenvalue weighted by molar-refractivity contribution is 0.0277. The van der Waals surface area contributed by atoms with Gasteiger partial charge in [0.05, 0.1) is 16.7 Å². The van der Waals surface area contributed by atoms with Crippen LogP contribution in [0.25, 0.3) is 10.8 Å². The SMILES string of the molecule is CN(C(=O)NCc1cccc(F)c1Cl)[C@H](COC(=O)Nc1cc2c(F)cccc2cn1)CC(C)(C)O. The largest absolute Gasteiger partial charge is 0.447 e. The van der Waals surface area contributed by atoms with E-state index in [4.69, 9.17) is 16.3 Å². The number of aliphatic hydroxyl groups is 1. The van der Waals surface area contributed by atoms with Crippen molar-refractivity contribution < 1.29 is 28.2 Å². The zero-order valence-electron chi connectivity index (χ0n) is 20.0. The number of aromatic nitrogens is 1. The lowest BCUT2D eigenvalue weighted by atomic mass is 9.99. The van der Waals surface area contributed by atoms with Gasteiger partial charge in [0, 0.05) is 30.6 Å². The van der Waals surface area contributed by atoms with Crippen LogP contribution in [-0.2, 0) is 11.3 Å². The van der Waals surface area contributed by atoms with Crippen LogP contribution >= 0.6 is 11.6 Å². The number of halogens is 3. The molecular formula is C25H27ClF2N4O4. The fraction of sp³-hybridized carbons (Fsp3) is 0.320. The Kier molecular flexibility index (Phi) is 8.65. The predicted molar refractivity (Wildman–Crippen MR) is 133 cm³/mol. The molecule has 3 rings (SSSR count). The Bertz CT molecular complexity index is 1250. The first-order chi connectivity index (χ1) is 16.9. The van der Waals surface area contributed by atoms with E-state index < -0.39 is 35.4 Å². The average molecular weight is 521 g/mol. The molecule has 0 spiro atoms. The third-order valence-corrected chi connectivity index (χ3v) is 5.84. The molecule has 192 valence electrons. The summed E-state index contributed by atoms with van der Waals surface area (Å²) in [5.41, 5.74) is -0.782. The van der Waals surface area contributed by atoms with E-state index in [-0.39, 0.29) is 35.8 Å². The summed E-state index contributed by atoms with van der Waals surface area (Å²) in [4.78, 5) is 30.5. The zero-order valence-corrected chi connectivity index (χ0v) is 20.8. The van der Waals surface area contributed by atoms with Gasteiger partial charge in [-0.15, -0.1) is 0 Å². The summed E-state index contributed by atoms with van der Waals surface area (Å²) in [6.07, 6.45) is 0.651. The number of amides is 3. The van der Waals surface area contributed by atoms with Crippen molar-refractivity contribution in [2.45, 2.75) is 38.5 Å². The van der Waals surface area contributed by atoms with Crippen LogP contribution < -0.4 is 10.6 Å². The number of pyridine rings is 1. The molecule has 0 fully saturated rings. The monoisotopic (exact) mass is 520 g/mol. The smallest absolute Gasteiger partial charge is 0.412 e. The molecule has 0 aliphatic carbocycles. The lowest BCUT2D eigenvalue weighted by Crippen LogP contribution is -2.48. The standard InChI is InChI=1S/C25H27ClF2N4O4/c1-25(2,35)11-17(32(3)23(33)30-13-16-7-5-9-20(28)22(16)26)14-36-24(34)31-21-10-18-15(12-29-21)6-4-8-19(18)27/h4-10,12,17,35H,11,13-14H2,1-3H3,(H,30,33)(H,29,31,34)/t17-/m0/s1. The maximum absolute atomic E-state index is 14.0. The van der Waals surface area contributed by atoms with Gasteiger partial charge < -0.3 is 20.1 Å². The topological polar surface area (TPSA) is 104 Å². The Labute approximate surface area is 212 Å². The van der Waals surface area contributed by atoms with Gasteiger partial charge in [-0.05, 0) is 44.0 Å². The Hall–Kier alpha value is -3.50. The second-order valence-corrected chi connectivity index (χ2v) is 9.28. The number of ether oxygens (including phenoxy) is 1. The van der Waals surface area contributed by atoms with Gasteiger partial charge in [-0.2, -0.15) is 0 Å². The Morgan fingerprint density at radius 3 is 2.61 bits per heavy atom. The first-order valence-electron chi connectivity index (χ1n) is 11.1. The van der Waals surface area contributed by atoms with Crippen molar-refractivity contribution in [3.63, 3.8) is 0 Å². The van der Waals surface area contributed by atoms with E-state index in [9.17, 15) is 23.5 Å². The van der Waals surface area contributed by atoms with E-state index in [1.807, 2.05) is 0 Å². The van der Waals surface area contributed by atoms with E-state index in [0.717, 1.165) is 0 Å². The summed E-state index contributed by atoms with van der Waals surface area (Å²) in [7, 11) is 1.48. The van der Waals surface area contributed by atoms with Crippen molar-refractivity contribution in [3.8, 4) is 0 Å². The molecule has 11 heteroatoms. The first kappa shape index (κ1) is 27.1. The Balaban J connectivity index is 1.62. The number of urea groups is 1. The van der Waals surface area contributed by atoms with Crippen LogP contribution in [0.1, 0.15) is 25.8 Å². The number of fused-ring (bicyclic) bond motifs is 1. The molecule has 36 heavy (non-hydrogen) atoms. The molecule has 0 aliphatic rings. The Morgan fingerprint density at radius 1 is 1.19 bits per heavy atom. The van der Waals surface area contributed by atoms with Crippen molar-refractivity contribution in [3.05, 3.63) is 70.9 Å². The second kappa shape index (κ2) is 11.5. The van der Waals surface area contributed by atoms with Gasteiger partial charge in [0.25, 0.3) is 0 Å². The molecule has 0 aliphatic heterocycles. The molecule has 1 heterocycles. The molecule has 0 saturated heterocycles. The number of nitrogens with one attached hydrogen (secondary N) is 2. The molecule has 3 amide bonds. The van der Waals surface area contributed by atoms with Crippen LogP contribution in [0.2, 0.25) is 5.02 Å². The van der Waals surface area contributed by atoms with Crippen LogP contribution in [-0.4, -0.2) is 52.4 Å². The highest BCUT2D eigenvalue weighted by Gasteiger charge is 2.28. The highest BCUT2D eigenvalue weighted by atomic mass is 35.5. The predicted octanol–water partition coefficient (Wildman–Crippen LogP) is 5.09. The van der Waals surface area contributed by atoms with E-state index >= 15 is 0 Å². The fourth-order valence-corrected chi connectivity index (χ4v) is 3.74. The van der Waals surface area contributed by atoms with Gasteiger partial charge in [0.15, 0.2) is 0 Å². The quantitative estimate of drug-likeness (QED) is 0.384. The molecule has 0 saturated carbocycles. The number of hydrogen-bond acceptors (Lipinski definition) is 5. The summed E-state index contributed by atoms with van der Waals surface area (Å²) in [6.45, 7) is 2.85. The molecule has 3 aromatic rings. The van der Waals surface area contributed by atoms with E-state index in [1.54, 1.807) is 32.0 Å². The van der Waals surface area contributed by atoms with Crippen molar-refractivity contribution in [2.75, 3.05) is 19.0 Å². The lowest BCUT2D eigenvalue weighted by Gasteiger charge is -2.32. The summed E-state index contributed by atoms with van der Waals surface area (Å²) in [6, 6.07) is 8.97. The number of anilines is 1. The molecule has 1 atom stereocenters. The number of carbonyl (C=O) groups is 2. The van der Waals surface area contributed by atoms with Gasteiger partial charge in [-0.25, -0.2) is 23.4 Å². The minimum absolute atomic E-state index is 0.0272. The van der Waals surface area contributed by atoms with Crippen LogP contribution in [0.5, 0.6) is 0 Å². The minimum atomic E-state index is -1.18. The van der Waals surface area contributed by atoms with Gasteiger partial charge in [-0.1, -0.05) is 35.9 Å². The van der Waals surface area contributed by atoms with Gasteiger partial charge in [0.1, 0.15) is 24.1 Å². The van der Waals surface area contributed by atoms with E-state index in [1.165, 1.54) is 42.4 Å². The number of carbonyl (C=O) groups excluding carboxylic acids is 2. The summed E-state index contributed by atoms with van der Waals surface area (Å²) >= 11 is 5.93. The maximum atomic E-state index is 14.0. The summed E-state index contributed by atoms with van der Waals surface area (Å²) < 4.78 is 33.0. The van der Waals surface area contributed by atoms with Gasteiger partial charge in [0.2, 0.25) is 0 Å². The van der Waals surface area contributed by atoms with E-state index in [0.29, 0.717) is 10.9 Å². The van der Waals surface area contributed by atoms with E-state index in [2.05, 4.69) is 15.6 Å². The fourth-order valence-electron chi connectivity index (χ4n) is 3.54. The number of likely N-dealkylation sites (N-methyl/N-ethyl adjacent to an activating group) is 1. The first-order valence-corrected chi connectivity index (χ1v) is 11.5. The van der Waals surface area contributed by atoms with Gasteiger partial charge in [-0.3, -0.25) is 5.32 Å². The van der Waals surface area contributed by atoms with Crippen LogP contribution in [0.15, 0.2) is 48.7 Å². The molecule has 2 aromatic carbocycles. The minimum Gasteiger partial charge on any atom is -0.447 e. The number of benzene rings is 2. The van der Waals surface area contributed by atoms with Crippen molar-refractivity contribution in [2.24, 2.45) is 0 Å². The highest BCUT2D eigenvalue weighted by Crippen LogP contribution is 2.21. The summed E-state index contributed by atoms with van der Waals surface area (Å²) in [5, 5.41) is 16.1. The molecule has 8 nitrogen and oxygen atoms in total. The van der Waals surface area contributed by atoms with Crippen LogP contribution in [0.4, 0.5) is 24.2 Å². The van der Waals surface area contributed by atoms with Gasteiger partial charge >= 0.3 is 12.1 Å². The molecule has 3 N–H and O–H groups in total. The van der Waals surface area contributed by atoms with Crippen molar-refractivity contribution >= 4 is 40.3 Å². The number of hydrogen-bond donors (Lipinski definition) is 3. The Morgan fingerprint density at radius 2 is 1.89 bits per heavy atom. The van der Waals surface area contributed by atoms with Crippen LogP contribution in [0.3, 0.4) is 0 Å². The summed E-state index contributed by atoms with van der Waals surface area (Å²) in [5.74, 6) is -0.960. The molecule has 0 bridgehead atoms. The third kappa shape index (κ3) is 7.25. The molecular weight excluding hydrogens is 494 g/mol. The van der Waals surface area contributed by atoms with Crippen LogP contribution in [0, 0.1) is 11.6 Å². The second-order valence-electron chi connectivity index (χ2n) is 8.91. The maximum Gasteiger partial charge on any atom is 0.412 e. The normalized spacial score (nSPS) is 12.2. The number of nitrogens with zero attached hydrogens (tertiary/aromatic N) is 2. The average Bonchev–Trinajstić information content (AvgIpc) is 2.82. The zero-order chi connectivity index (χ0) is 26.5. The highest BCUT2D eigenvalue weighted by molar-refractivity contribution is 6.31. The molecule has 0 unspecified atom stereocenters. The van der Waals surface area contributed by atoms with Crippen molar-refractivity contribution in [1.82, 2.24) is 15.2 Å².